The fraction of sp³-hybridized carbons (Fsp3) is 0.545. The maximum Gasteiger partial charge on any atom is 0.411 e. The second-order valence-corrected chi connectivity index (χ2v) is 7.89. The third kappa shape index (κ3) is 7.95. The summed E-state index contributed by atoms with van der Waals surface area (Å²) >= 11 is 0. The number of aliphatic imine (C=N–C) groups is 1. The van der Waals surface area contributed by atoms with E-state index in [9.17, 15) is 13.2 Å². The average Bonchev–Trinajstić information content (AvgIpc) is 3.26. The molecule has 0 spiro atoms. The van der Waals surface area contributed by atoms with Gasteiger partial charge in [-0.15, -0.1) is 24.0 Å². The summed E-state index contributed by atoms with van der Waals surface area (Å²) in [5.41, 5.74) is 1.63. The molecule has 1 aromatic carbocycles. The van der Waals surface area contributed by atoms with Gasteiger partial charge >= 0.3 is 6.18 Å². The zero-order valence-corrected chi connectivity index (χ0v) is 20.7. The van der Waals surface area contributed by atoms with Crippen LogP contribution in [0.15, 0.2) is 48.0 Å². The number of hydrogen-bond acceptors (Lipinski definition) is 3. The van der Waals surface area contributed by atoms with Crippen LogP contribution in [0.2, 0.25) is 0 Å². The van der Waals surface area contributed by atoms with Gasteiger partial charge in [-0.1, -0.05) is 31.2 Å². The van der Waals surface area contributed by atoms with E-state index in [-0.39, 0.29) is 30.6 Å². The molecule has 1 aromatic heterocycles. The number of imidazole rings is 1. The molecule has 0 radical (unpaired) electrons. The first kappa shape index (κ1) is 26.4. The van der Waals surface area contributed by atoms with Crippen LogP contribution in [-0.4, -0.2) is 52.8 Å². The lowest BCUT2D eigenvalue weighted by molar-refractivity contribution is -0.176. The van der Waals surface area contributed by atoms with Gasteiger partial charge in [-0.05, 0) is 30.4 Å². The number of ether oxygens (including phenoxy) is 1. The van der Waals surface area contributed by atoms with Gasteiger partial charge in [0, 0.05) is 32.0 Å². The molecule has 32 heavy (non-hydrogen) atoms. The Balaban J connectivity index is 0.00000363. The average molecular weight is 565 g/mol. The van der Waals surface area contributed by atoms with Gasteiger partial charge in [-0.3, -0.25) is 0 Å². The molecule has 0 aliphatic carbocycles. The fourth-order valence-corrected chi connectivity index (χ4v) is 3.79. The lowest BCUT2D eigenvalue weighted by atomic mass is 9.93. The van der Waals surface area contributed by atoms with Gasteiger partial charge in [0.2, 0.25) is 0 Å². The summed E-state index contributed by atoms with van der Waals surface area (Å²) in [4.78, 5) is 11.2. The van der Waals surface area contributed by atoms with E-state index in [2.05, 4.69) is 26.7 Å². The zero-order chi connectivity index (χ0) is 22.3. The monoisotopic (exact) mass is 565 g/mol. The van der Waals surface area contributed by atoms with Crippen molar-refractivity contribution in [2.24, 2.45) is 10.9 Å². The molecule has 2 atom stereocenters. The quantitative estimate of drug-likeness (QED) is 0.303. The molecule has 1 fully saturated rings. The predicted molar refractivity (Wildman–Crippen MR) is 129 cm³/mol. The lowest BCUT2D eigenvalue weighted by Crippen LogP contribution is -2.49. The predicted octanol–water partition coefficient (Wildman–Crippen LogP) is 4.63. The Bertz CT molecular complexity index is 844. The molecule has 6 nitrogen and oxygen atoms in total. The third-order valence-electron chi connectivity index (χ3n) is 5.40. The topological polar surface area (TPSA) is 54.7 Å². The first-order chi connectivity index (χ1) is 14.9. The van der Waals surface area contributed by atoms with Gasteiger partial charge in [-0.25, -0.2) is 9.98 Å². The Morgan fingerprint density at radius 1 is 1.31 bits per heavy atom. The smallest absolute Gasteiger partial charge is 0.367 e. The van der Waals surface area contributed by atoms with E-state index < -0.39 is 12.8 Å². The van der Waals surface area contributed by atoms with Crippen LogP contribution in [0.1, 0.15) is 37.4 Å². The molecule has 0 saturated carbocycles. The maximum atomic E-state index is 12.3. The van der Waals surface area contributed by atoms with Gasteiger partial charge in [-0.2, -0.15) is 13.2 Å². The maximum absolute atomic E-state index is 12.3. The number of rotatable bonds is 7. The molecule has 10 heteroatoms. The molecule has 1 aliphatic heterocycles. The zero-order valence-electron chi connectivity index (χ0n) is 18.4. The van der Waals surface area contributed by atoms with E-state index in [1.807, 2.05) is 37.6 Å². The van der Waals surface area contributed by atoms with Crippen LogP contribution in [0, 0.1) is 5.92 Å². The number of guanidine groups is 1. The summed E-state index contributed by atoms with van der Waals surface area (Å²) in [6.07, 6.45) is 2.40. The van der Waals surface area contributed by atoms with Crippen molar-refractivity contribution in [3.8, 4) is 0 Å². The summed E-state index contributed by atoms with van der Waals surface area (Å²) in [5, 5.41) is 3.37. The number of aromatic nitrogens is 2. The summed E-state index contributed by atoms with van der Waals surface area (Å²) in [6.45, 7) is 5.94. The van der Waals surface area contributed by atoms with E-state index in [1.54, 1.807) is 12.3 Å². The minimum absolute atomic E-state index is 0. The van der Waals surface area contributed by atoms with Crippen LogP contribution >= 0.6 is 24.0 Å². The number of alkyl halides is 3. The number of nitrogens with one attached hydrogen (secondary N) is 1. The van der Waals surface area contributed by atoms with Crippen molar-refractivity contribution in [3.05, 3.63) is 54.1 Å². The van der Waals surface area contributed by atoms with Crippen LogP contribution < -0.4 is 5.32 Å². The number of nitrogens with zero attached hydrogens (tertiary/aromatic N) is 4. The number of hydrogen-bond donors (Lipinski definition) is 1. The molecule has 0 bridgehead atoms. The number of benzene rings is 1. The second kappa shape index (κ2) is 12.4. The van der Waals surface area contributed by atoms with Crippen molar-refractivity contribution in [1.82, 2.24) is 19.8 Å². The summed E-state index contributed by atoms with van der Waals surface area (Å²) in [5.74, 6) is 1.39. The molecule has 2 heterocycles. The standard InChI is InChI=1S/C22H30F3N5O.HI/c1-3-27-21(29-9-7-17(2)20(13-29)30-10-8-26-16-30)28-12-18-5-4-6-19(11-18)14-31-15-22(23,24)25;/h4-6,8,10-11,16-17,20H,3,7,9,12-15H2,1-2H3,(H,27,28);1H. The minimum Gasteiger partial charge on any atom is -0.367 e. The van der Waals surface area contributed by atoms with Crippen molar-refractivity contribution in [2.75, 3.05) is 26.2 Å². The SMILES string of the molecule is CCNC(=NCc1cccc(COCC(F)(F)F)c1)N1CCC(C)C(n2ccnc2)C1.I. The van der Waals surface area contributed by atoms with E-state index in [0.717, 1.165) is 37.6 Å². The first-order valence-corrected chi connectivity index (χ1v) is 10.6. The van der Waals surface area contributed by atoms with Crippen LogP contribution in [0.4, 0.5) is 13.2 Å². The third-order valence-corrected chi connectivity index (χ3v) is 5.40. The second-order valence-electron chi connectivity index (χ2n) is 7.89. The Kier molecular flexibility index (Phi) is 10.3. The Morgan fingerprint density at radius 2 is 2.09 bits per heavy atom. The molecule has 0 amide bonds. The lowest BCUT2D eigenvalue weighted by Gasteiger charge is -2.39. The number of likely N-dealkylation sites (tertiary alicyclic amines) is 1. The minimum atomic E-state index is -4.32. The Hall–Kier alpha value is -1.82. The molecule has 1 aliphatic rings. The van der Waals surface area contributed by atoms with Crippen LogP contribution in [-0.2, 0) is 17.9 Å². The molecule has 3 rings (SSSR count). The van der Waals surface area contributed by atoms with E-state index in [1.165, 1.54) is 0 Å². The van der Waals surface area contributed by atoms with Gasteiger partial charge in [0.1, 0.15) is 6.61 Å². The highest BCUT2D eigenvalue weighted by Crippen LogP contribution is 2.27. The largest absolute Gasteiger partial charge is 0.411 e. The highest BCUT2D eigenvalue weighted by Gasteiger charge is 2.29. The first-order valence-electron chi connectivity index (χ1n) is 10.6. The molecular formula is C22H31F3IN5O. The van der Waals surface area contributed by atoms with Crippen LogP contribution in [0.5, 0.6) is 0 Å². The van der Waals surface area contributed by atoms with Crippen molar-refractivity contribution in [2.45, 2.75) is 45.6 Å². The van der Waals surface area contributed by atoms with E-state index in [4.69, 9.17) is 9.73 Å². The van der Waals surface area contributed by atoms with Crippen molar-refractivity contribution < 1.29 is 17.9 Å². The summed E-state index contributed by atoms with van der Waals surface area (Å²) < 4.78 is 43.8. The van der Waals surface area contributed by atoms with Gasteiger partial charge < -0.3 is 19.5 Å². The van der Waals surface area contributed by atoms with Crippen molar-refractivity contribution in [3.63, 3.8) is 0 Å². The molecule has 178 valence electrons. The number of halogens is 4. The van der Waals surface area contributed by atoms with Crippen molar-refractivity contribution >= 4 is 29.9 Å². The Morgan fingerprint density at radius 3 is 2.78 bits per heavy atom. The molecule has 1 N–H and O–H groups in total. The summed E-state index contributed by atoms with van der Waals surface area (Å²) in [6, 6.07) is 7.68. The normalized spacial score (nSPS) is 19.5. The van der Waals surface area contributed by atoms with Gasteiger partial charge in [0.15, 0.2) is 5.96 Å². The summed E-state index contributed by atoms with van der Waals surface area (Å²) in [7, 11) is 0. The highest BCUT2D eigenvalue weighted by atomic mass is 127. The van der Waals surface area contributed by atoms with Crippen LogP contribution in [0.25, 0.3) is 0 Å². The Labute approximate surface area is 204 Å². The van der Waals surface area contributed by atoms with Crippen LogP contribution in [0.3, 0.4) is 0 Å². The highest BCUT2D eigenvalue weighted by molar-refractivity contribution is 14.0. The molecule has 1 saturated heterocycles. The molecular weight excluding hydrogens is 534 g/mol. The number of piperidine rings is 1. The van der Waals surface area contributed by atoms with Gasteiger partial charge in [0.25, 0.3) is 0 Å². The molecule has 2 aromatic rings. The van der Waals surface area contributed by atoms with E-state index in [0.29, 0.717) is 24.1 Å². The van der Waals surface area contributed by atoms with Gasteiger partial charge in [0.05, 0.1) is 25.5 Å². The molecule has 2 unspecified atom stereocenters. The van der Waals surface area contributed by atoms with Crippen molar-refractivity contribution in [1.29, 1.82) is 0 Å². The van der Waals surface area contributed by atoms with E-state index >= 15 is 0 Å². The fourth-order valence-electron chi connectivity index (χ4n) is 3.79.